The normalized spacial score (nSPS) is 11.4. The van der Waals surface area contributed by atoms with E-state index in [2.05, 4.69) is 20.4 Å². The highest BCUT2D eigenvalue weighted by Crippen LogP contribution is 2.42. The van der Waals surface area contributed by atoms with Crippen molar-refractivity contribution in [2.75, 3.05) is 12.4 Å². The molecule has 0 atom stereocenters. The van der Waals surface area contributed by atoms with E-state index in [0.29, 0.717) is 33.2 Å². The first-order valence-electron chi connectivity index (χ1n) is 9.47. The second-order valence-corrected chi connectivity index (χ2v) is 8.28. The molecule has 0 bridgehead atoms. The van der Waals surface area contributed by atoms with Gasteiger partial charge in [0.1, 0.15) is 17.4 Å². The van der Waals surface area contributed by atoms with E-state index in [9.17, 15) is 9.50 Å². The molecule has 0 saturated heterocycles. The molecule has 0 spiro atoms. The average Bonchev–Trinajstić information content (AvgIpc) is 3.27. The minimum atomic E-state index is -0.391. The van der Waals surface area contributed by atoms with Gasteiger partial charge in [0.15, 0.2) is 0 Å². The number of aliphatic hydroxyl groups is 1. The number of aryl methyl sites for hydroxylation is 1. The molecule has 0 radical (unpaired) electrons. The van der Waals surface area contributed by atoms with Crippen molar-refractivity contribution in [3.8, 4) is 16.9 Å². The van der Waals surface area contributed by atoms with Gasteiger partial charge < -0.3 is 15.2 Å². The van der Waals surface area contributed by atoms with Crippen molar-refractivity contribution in [1.29, 1.82) is 0 Å². The number of fused-ring (bicyclic) bond motifs is 1. The Hall–Kier alpha value is -3.04. The summed E-state index contributed by atoms with van der Waals surface area (Å²) in [7, 11) is 1.53. The Morgan fingerprint density at radius 3 is 2.80 bits per heavy atom. The van der Waals surface area contributed by atoms with Crippen LogP contribution in [0.5, 0.6) is 5.75 Å². The van der Waals surface area contributed by atoms with Crippen molar-refractivity contribution in [1.82, 2.24) is 19.7 Å². The number of anilines is 2. The van der Waals surface area contributed by atoms with Crippen LogP contribution in [0.25, 0.3) is 21.3 Å². The third-order valence-corrected chi connectivity index (χ3v) is 5.76. The minimum absolute atomic E-state index is 0.166. The summed E-state index contributed by atoms with van der Waals surface area (Å²) in [6, 6.07) is 6.40. The molecule has 30 heavy (non-hydrogen) atoms. The Morgan fingerprint density at radius 1 is 1.30 bits per heavy atom. The van der Waals surface area contributed by atoms with Gasteiger partial charge in [0.05, 0.1) is 35.8 Å². The molecular weight excluding hydrogens is 405 g/mol. The quantitative estimate of drug-likeness (QED) is 0.459. The number of halogens is 1. The third kappa shape index (κ3) is 3.61. The second-order valence-electron chi connectivity index (χ2n) is 7.14. The maximum absolute atomic E-state index is 14.0. The summed E-state index contributed by atoms with van der Waals surface area (Å²) in [6.07, 6.45) is 1.70. The molecule has 0 aliphatic carbocycles. The van der Waals surface area contributed by atoms with E-state index in [1.165, 1.54) is 30.6 Å². The van der Waals surface area contributed by atoms with Gasteiger partial charge in [0, 0.05) is 28.1 Å². The first kappa shape index (κ1) is 20.2. The van der Waals surface area contributed by atoms with Crippen molar-refractivity contribution >= 4 is 33.3 Å². The largest absolute Gasteiger partial charge is 0.496 e. The molecule has 1 aromatic carbocycles. The number of hydrogen-bond donors (Lipinski definition) is 2. The Balaban J connectivity index is 1.86. The van der Waals surface area contributed by atoms with Crippen LogP contribution >= 0.6 is 11.3 Å². The molecule has 7 nitrogen and oxygen atoms in total. The fourth-order valence-electron chi connectivity index (χ4n) is 3.38. The molecular formula is C21H22FN5O2S. The average molecular weight is 428 g/mol. The van der Waals surface area contributed by atoms with Gasteiger partial charge in [-0.05, 0) is 39.0 Å². The lowest BCUT2D eigenvalue weighted by atomic mass is 10.0. The van der Waals surface area contributed by atoms with Crippen LogP contribution in [0.3, 0.4) is 0 Å². The lowest BCUT2D eigenvalue weighted by Gasteiger charge is -2.12. The number of aromatic nitrogens is 4. The van der Waals surface area contributed by atoms with Crippen LogP contribution < -0.4 is 10.1 Å². The number of benzene rings is 1. The Morgan fingerprint density at radius 2 is 2.10 bits per heavy atom. The first-order chi connectivity index (χ1) is 14.4. The van der Waals surface area contributed by atoms with Gasteiger partial charge >= 0.3 is 0 Å². The fraction of sp³-hybridized carbons (Fsp3) is 0.286. The van der Waals surface area contributed by atoms with E-state index in [0.717, 1.165) is 16.2 Å². The molecule has 0 aliphatic heterocycles. The van der Waals surface area contributed by atoms with Crippen LogP contribution in [-0.2, 0) is 6.61 Å². The Labute approximate surface area is 177 Å². The lowest BCUT2D eigenvalue weighted by molar-refractivity contribution is 0.286. The topological polar surface area (TPSA) is 85.1 Å². The first-order valence-corrected chi connectivity index (χ1v) is 10.3. The van der Waals surface area contributed by atoms with Crippen molar-refractivity contribution in [3.05, 3.63) is 46.9 Å². The maximum Gasteiger partial charge on any atom is 0.228 e. The fourth-order valence-corrected chi connectivity index (χ4v) is 4.37. The summed E-state index contributed by atoms with van der Waals surface area (Å²) in [5.74, 6) is 1.29. The number of nitrogens with zero attached hydrogens (tertiary/aromatic N) is 4. The number of rotatable bonds is 6. The van der Waals surface area contributed by atoms with Gasteiger partial charge in [0.2, 0.25) is 5.95 Å². The Kier molecular flexibility index (Phi) is 5.40. The smallest absolute Gasteiger partial charge is 0.228 e. The van der Waals surface area contributed by atoms with Gasteiger partial charge in [-0.2, -0.15) is 5.10 Å². The van der Waals surface area contributed by atoms with Crippen LogP contribution in [0, 0.1) is 12.7 Å². The van der Waals surface area contributed by atoms with Crippen molar-refractivity contribution in [2.45, 2.75) is 33.4 Å². The lowest BCUT2D eigenvalue weighted by Crippen LogP contribution is -2.08. The molecule has 156 valence electrons. The van der Waals surface area contributed by atoms with E-state index >= 15 is 0 Å². The molecule has 3 heterocycles. The highest BCUT2D eigenvalue weighted by atomic mass is 32.1. The summed E-state index contributed by atoms with van der Waals surface area (Å²) in [5, 5.41) is 17.6. The van der Waals surface area contributed by atoms with Crippen LogP contribution in [-0.4, -0.2) is 32.0 Å². The van der Waals surface area contributed by atoms with Gasteiger partial charge in [0.25, 0.3) is 0 Å². The molecule has 2 N–H and O–H groups in total. The molecule has 9 heteroatoms. The number of methoxy groups -OCH3 is 1. The third-order valence-electron chi connectivity index (χ3n) is 4.67. The van der Waals surface area contributed by atoms with E-state index < -0.39 is 5.82 Å². The summed E-state index contributed by atoms with van der Waals surface area (Å²) in [5.41, 5.74) is 2.70. The molecule has 0 fully saturated rings. The van der Waals surface area contributed by atoms with Crippen LogP contribution in [0.2, 0.25) is 0 Å². The number of thiophene rings is 1. The zero-order valence-electron chi connectivity index (χ0n) is 17.1. The summed E-state index contributed by atoms with van der Waals surface area (Å²) in [4.78, 5) is 9.77. The molecule has 0 saturated carbocycles. The van der Waals surface area contributed by atoms with Gasteiger partial charge in [-0.15, -0.1) is 11.3 Å². The van der Waals surface area contributed by atoms with E-state index in [-0.39, 0.29) is 12.6 Å². The molecule has 3 aromatic heterocycles. The predicted octanol–water partition coefficient (Wildman–Crippen LogP) is 4.83. The van der Waals surface area contributed by atoms with Gasteiger partial charge in [-0.3, -0.25) is 0 Å². The van der Waals surface area contributed by atoms with Crippen LogP contribution in [0.1, 0.15) is 30.5 Å². The van der Waals surface area contributed by atoms with E-state index in [4.69, 9.17) is 4.74 Å². The van der Waals surface area contributed by atoms with E-state index in [1.54, 1.807) is 12.3 Å². The van der Waals surface area contributed by atoms with Gasteiger partial charge in [-0.25, -0.2) is 19.0 Å². The second kappa shape index (κ2) is 8.00. The Bertz CT molecular complexity index is 1220. The number of nitrogens with one attached hydrogen (secondary N) is 1. The standard InChI is InChI=1S/C21H22FN5O2S/c1-11(2)27-18(7-12(3)26-27)24-21-23-9-16-20(25-21)19(17(10-28)30-16)14-8-13(22)5-6-15(14)29-4/h5-9,11,28H,10H2,1-4H3,(H,23,24,25). The van der Waals surface area contributed by atoms with Gasteiger partial charge in [-0.1, -0.05) is 0 Å². The maximum atomic E-state index is 14.0. The van der Waals surface area contributed by atoms with E-state index in [1.807, 2.05) is 31.5 Å². The molecule has 0 amide bonds. The van der Waals surface area contributed by atoms with Crippen molar-refractivity contribution in [3.63, 3.8) is 0 Å². The summed E-state index contributed by atoms with van der Waals surface area (Å²) in [6.45, 7) is 5.82. The van der Waals surface area contributed by atoms with Crippen molar-refractivity contribution in [2.24, 2.45) is 0 Å². The molecule has 0 unspecified atom stereocenters. The molecule has 4 rings (SSSR count). The highest BCUT2D eigenvalue weighted by Gasteiger charge is 2.20. The molecule has 4 aromatic rings. The predicted molar refractivity (Wildman–Crippen MR) is 116 cm³/mol. The summed E-state index contributed by atoms with van der Waals surface area (Å²) < 4.78 is 22.1. The minimum Gasteiger partial charge on any atom is -0.496 e. The number of aliphatic hydroxyl groups excluding tert-OH is 1. The van der Waals surface area contributed by atoms with Crippen molar-refractivity contribution < 1.29 is 14.2 Å². The SMILES string of the molecule is COc1ccc(F)cc1-c1c(CO)sc2cnc(Nc3cc(C)nn3C(C)C)nc12. The highest BCUT2D eigenvalue weighted by molar-refractivity contribution is 7.19. The molecule has 0 aliphatic rings. The monoisotopic (exact) mass is 427 g/mol. The van der Waals surface area contributed by atoms with Crippen LogP contribution in [0.15, 0.2) is 30.5 Å². The number of ether oxygens (including phenoxy) is 1. The number of hydrogen-bond acceptors (Lipinski definition) is 7. The van der Waals surface area contributed by atoms with Crippen LogP contribution in [0.4, 0.5) is 16.2 Å². The zero-order chi connectivity index (χ0) is 21.4. The zero-order valence-corrected chi connectivity index (χ0v) is 17.9. The summed E-state index contributed by atoms with van der Waals surface area (Å²) >= 11 is 1.37.